The van der Waals surface area contributed by atoms with Gasteiger partial charge in [-0.3, -0.25) is 4.68 Å². The summed E-state index contributed by atoms with van der Waals surface area (Å²) in [5.74, 6) is 0. The molecule has 2 aromatic rings. The Bertz CT molecular complexity index is 561. The third kappa shape index (κ3) is 4.41. The number of benzene rings is 1. The Morgan fingerprint density at radius 3 is 2.62 bits per heavy atom. The van der Waals surface area contributed by atoms with E-state index >= 15 is 0 Å². The Kier molecular flexibility index (Phi) is 5.15. The van der Waals surface area contributed by atoms with Gasteiger partial charge in [0.25, 0.3) is 0 Å². The maximum Gasteiger partial charge on any atom is 0.0967 e. The predicted molar refractivity (Wildman–Crippen MR) is 85.8 cm³/mol. The van der Waals surface area contributed by atoms with Gasteiger partial charge in [0, 0.05) is 44.1 Å². The number of aliphatic hydroxyl groups excluding tert-OH is 1. The zero-order valence-electron chi connectivity index (χ0n) is 13.1. The van der Waals surface area contributed by atoms with Crippen LogP contribution in [0.5, 0.6) is 0 Å². The summed E-state index contributed by atoms with van der Waals surface area (Å²) in [5.41, 5.74) is 3.47. The van der Waals surface area contributed by atoms with Crippen molar-refractivity contribution in [2.45, 2.75) is 26.8 Å². The van der Waals surface area contributed by atoms with Gasteiger partial charge < -0.3 is 10.4 Å². The second-order valence-electron chi connectivity index (χ2n) is 6.28. The van der Waals surface area contributed by atoms with Gasteiger partial charge in [-0.2, -0.15) is 5.10 Å². The Hall–Kier alpha value is -1.65. The predicted octanol–water partition coefficient (Wildman–Crippen LogP) is 2.59. The van der Waals surface area contributed by atoms with E-state index < -0.39 is 0 Å². The highest BCUT2D eigenvalue weighted by atomic mass is 16.3. The highest BCUT2D eigenvalue weighted by molar-refractivity contribution is 5.62. The standard InChI is InChI=1S/C17H25N3O/c1-17(2,9-10-21)13-18-11-15-12-20(3)19-16(15)14-7-5-4-6-8-14/h4-8,12,18,21H,9-11,13H2,1-3H3. The molecule has 0 aliphatic heterocycles. The quantitative estimate of drug-likeness (QED) is 0.823. The lowest BCUT2D eigenvalue weighted by Crippen LogP contribution is -2.29. The number of aryl methyl sites for hydroxylation is 1. The topological polar surface area (TPSA) is 50.1 Å². The summed E-state index contributed by atoms with van der Waals surface area (Å²) < 4.78 is 1.86. The second kappa shape index (κ2) is 6.87. The van der Waals surface area contributed by atoms with E-state index in [9.17, 15) is 0 Å². The molecule has 1 heterocycles. The average molecular weight is 287 g/mol. The first kappa shape index (κ1) is 15.7. The van der Waals surface area contributed by atoms with Gasteiger partial charge in [0.1, 0.15) is 0 Å². The summed E-state index contributed by atoms with van der Waals surface area (Å²) in [7, 11) is 1.95. The van der Waals surface area contributed by atoms with Crippen LogP contribution in [-0.4, -0.2) is 28.0 Å². The minimum absolute atomic E-state index is 0.101. The number of aliphatic hydroxyl groups is 1. The molecule has 0 atom stereocenters. The fourth-order valence-corrected chi connectivity index (χ4v) is 2.43. The van der Waals surface area contributed by atoms with E-state index in [1.165, 1.54) is 5.56 Å². The van der Waals surface area contributed by atoms with Crippen LogP contribution in [0.3, 0.4) is 0 Å². The SMILES string of the molecule is Cn1cc(CNCC(C)(C)CCO)c(-c2ccccc2)n1. The van der Waals surface area contributed by atoms with Crippen molar-refractivity contribution >= 4 is 0 Å². The summed E-state index contributed by atoms with van der Waals surface area (Å²) in [5, 5.41) is 17.1. The third-order valence-electron chi connectivity index (χ3n) is 3.66. The van der Waals surface area contributed by atoms with Gasteiger partial charge in [0.15, 0.2) is 0 Å². The molecule has 1 aromatic carbocycles. The van der Waals surface area contributed by atoms with Crippen LogP contribution in [0.4, 0.5) is 0 Å². The van der Waals surface area contributed by atoms with Crippen LogP contribution in [0, 0.1) is 5.41 Å². The summed E-state index contributed by atoms with van der Waals surface area (Å²) in [6.07, 6.45) is 2.87. The van der Waals surface area contributed by atoms with E-state index in [1.807, 2.05) is 29.9 Å². The molecule has 0 radical (unpaired) electrons. The van der Waals surface area contributed by atoms with Gasteiger partial charge in [-0.1, -0.05) is 44.2 Å². The number of hydrogen-bond acceptors (Lipinski definition) is 3. The number of aromatic nitrogens is 2. The fraction of sp³-hybridized carbons (Fsp3) is 0.471. The Balaban J connectivity index is 2.04. The van der Waals surface area contributed by atoms with Gasteiger partial charge >= 0.3 is 0 Å². The molecule has 0 saturated heterocycles. The molecule has 0 aliphatic rings. The van der Waals surface area contributed by atoms with Crippen LogP contribution in [0.1, 0.15) is 25.8 Å². The van der Waals surface area contributed by atoms with E-state index in [0.717, 1.165) is 30.8 Å². The molecule has 0 saturated carbocycles. The highest BCUT2D eigenvalue weighted by Crippen LogP contribution is 2.22. The largest absolute Gasteiger partial charge is 0.396 e. The normalized spacial score (nSPS) is 11.8. The van der Waals surface area contributed by atoms with Crippen molar-refractivity contribution in [3.05, 3.63) is 42.1 Å². The van der Waals surface area contributed by atoms with E-state index in [-0.39, 0.29) is 12.0 Å². The van der Waals surface area contributed by atoms with Gasteiger partial charge in [0.2, 0.25) is 0 Å². The van der Waals surface area contributed by atoms with Crippen LogP contribution >= 0.6 is 0 Å². The lowest BCUT2D eigenvalue weighted by atomic mass is 9.90. The van der Waals surface area contributed by atoms with Gasteiger partial charge in [0.05, 0.1) is 5.69 Å². The molecule has 2 rings (SSSR count). The van der Waals surface area contributed by atoms with Crippen molar-refractivity contribution in [1.82, 2.24) is 15.1 Å². The van der Waals surface area contributed by atoms with Crippen molar-refractivity contribution in [1.29, 1.82) is 0 Å². The zero-order valence-corrected chi connectivity index (χ0v) is 13.1. The van der Waals surface area contributed by atoms with Gasteiger partial charge in [-0.05, 0) is 11.8 Å². The van der Waals surface area contributed by atoms with Crippen LogP contribution in [0.15, 0.2) is 36.5 Å². The maximum atomic E-state index is 9.07. The van der Waals surface area contributed by atoms with Crippen molar-refractivity contribution in [3.8, 4) is 11.3 Å². The molecular formula is C17H25N3O. The average Bonchev–Trinajstić information content (AvgIpc) is 2.80. The molecule has 114 valence electrons. The molecule has 21 heavy (non-hydrogen) atoms. The first-order valence-corrected chi connectivity index (χ1v) is 7.41. The second-order valence-corrected chi connectivity index (χ2v) is 6.28. The van der Waals surface area contributed by atoms with Crippen LogP contribution in [0.25, 0.3) is 11.3 Å². The van der Waals surface area contributed by atoms with Crippen molar-refractivity contribution < 1.29 is 5.11 Å². The molecule has 2 N–H and O–H groups in total. The molecule has 0 amide bonds. The molecule has 0 spiro atoms. The third-order valence-corrected chi connectivity index (χ3v) is 3.66. The van der Waals surface area contributed by atoms with Crippen molar-refractivity contribution in [2.24, 2.45) is 12.5 Å². The monoisotopic (exact) mass is 287 g/mol. The first-order valence-electron chi connectivity index (χ1n) is 7.41. The smallest absolute Gasteiger partial charge is 0.0967 e. The molecule has 4 nitrogen and oxygen atoms in total. The number of hydrogen-bond donors (Lipinski definition) is 2. The highest BCUT2D eigenvalue weighted by Gasteiger charge is 2.17. The number of nitrogens with zero attached hydrogens (tertiary/aromatic N) is 2. The fourth-order valence-electron chi connectivity index (χ4n) is 2.43. The summed E-state index contributed by atoms with van der Waals surface area (Å²) >= 11 is 0. The summed E-state index contributed by atoms with van der Waals surface area (Å²) in [6.45, 7) is 6.22. The van der Waals surface area contributed by atoms with E-state index in [4.69, 9.17) is 5.11 Å². The Labute approximate surface area is 126 Å². The lowest BCUT2D eigenvalue weighted by molar-refractivity contribution is 0.207. The lowest BCUT2D eigenvalue weighted by Gasteiger charge is -2.23. The number of nitrogens with one attached hydrogen (secondary N) is 1. The molecule has 0 fully saturated rings. The molecule has 0 unspecified atom stereocenters. The summed E-state index contributed by atoms with van der Waals surface area (Å²) in [6, 6.07) is 10.3. The van der Waals surface area contributed by atoms with E-state index in [1.54, 1.807) is 0 Å². The maximum absolute atomic E-state index is 9.07. The van der Waals surface area contributed by atoms with Crippen molar-refractivity contribution in [2.75, 3.05) is 13.2 Å². The minimum atomic E-state index is 0.101. The molecule has 4 heteroatoms. The Morgan fingerprint density at radius 2 is 1.95 bits per heavy atom. The summed E-state index contributed by atoms with van der Waals surface area (Å²) in [4.78, 5) is 0. The van der Waals surface area contributed by atoms with Crippen molar-refractivity contribution in [3.63, 3.8) is 0 Å². The zero-order chi connectivity index (χ0) is 15.3. The number of rotatable bonds is 7. The molecule has 0 bridgehead atoms. The van der Waals surface area contributed by atoms with E-state index in [2.05, 4.69) is 42.6 Å². The van der Waals surface area contributed by atoms with Gasteiger partial charge in [-0.25, -0.2) is 0 Å². The molecule has 1 aromatic heterocycles. The minimum Gasteiger partial charge on any atom is -0.396 e. The molecule has 0 aliphatic carbocycles. The molecular weight excluding hydrogens is 262 g/mol. The Morgan fingerprint density at radius 1 is 1.24 bits per heavy atom. The van der Waals surface area contributed by atoms with Crippen LogP contribution < -0.4 is 5.32 Å². The first-order chi connectivity index (χ1) is 10.0. The van der Waals surface area contributed by atoms with E-state index in [0.29, 0.717) is 0 Å². The van der Waals surface area contributed by atoms with Crippen LogP contribution in [0.2, 0.25) is 0 Å². The van der Waals surface area contributed by atoms with Crippen LogP contribution in [-0.2, 0) is 13.6 Å². The van der Waals surface area contributed by atoms with Gasteiger partial charge in [-0.15, -0.1) is 0 Å².